The van der Waals surface area contributed by atoms with Gasteiger partial charge in [-0.2, -0.15) is 0 Å². The number of thioether (sulfide) groups is 1. The van der Waals surface area contributed by atoms with Crippen LogP contribution in [-0.2, 0) is 25.3 Å². The number of rotatable bonds is 14. The third-order valence-electron chi connectivity index (χ3n) is 6.45. The average Bonchev–Trinajstić information content (AvgIpc) is 3.32. The zero-order chi connectivity index (χ0) is 27.6. The molecule has 39 heavy (non-hydrogen) atoms. The smallest absolute Gasteiger partial charge is 0.336 e. The van der Waals surface area contributed by atoms with Crippen molar-refractivity contribution in [3.8, 4) is 0 Å². The average molecular weight is 561 g/mol. The van der Waals surface area contributed by atoms with Gasteiger partial charge >= 0.3 is 5.97 Å². The number of benzene rings is 3. The Kier molecular flexibility index (Phi) is 10.2. The van der Waals surface area contributed by atoms with E-state index in [1.165, 1.54) is 5.56 Å². The fraction of sp³-hybridized carbons (Fsp3) is 0.258. The molecule has 202 valence electrons. The Morgan fingerprint density at radius 3 is 2.49 bits per heavy atom. The number of aryl methyl sites for hydroxylation is 1. The predicted molar refractivity (Wildman–Crippen MR) is 160 cm³/mol. The predicted octanol–water partition coefficient (Wildman–Crippen LogP) is 7.51. The SMILES string of the molecule is C=CCN(Cc1ccccc1C(=O)O)c1ccccc1Cn1c(CCCC)nnc1SCc1ccc(Cl)cc1. The number of anilines is 1. The number of nitrogens with zero attached hydrogens (tertiary/aromatic N) is 4. The minimum absolute atomic E-state index is 0.311. The first kappa shape index (κ1) is 28.5. The lowest BCUT2D eigenvalue weighted by atomic mass is 10.1. The van der Waals surface area contributed by atoms with E-state index in [1.54, 1.807) is 23.9 Å². The quantitative estimate of drug-likeness (QED) is 0.127. The molecule has 0 fully saturated rings. The van der Waals surface area contributed by atoms with Gasteiger partial charge in [-0.05, 0) is 47.4 Å². The fourth-order valence-corrected chi connectivity index (χ4v) is 5.47. The highest BCUT2D eigenvalue weighted by atomic mass is 35.5. The van der Waals surface area contributed by atoms with Crippen molar-refractivity contribution in [1.82, 2.24) is 14.8 Å². The first-order valence-electron chi connectivity index (χ1n) is 13.0. The largest absolute Gasteiger partial charge is 0.478 e. The number of carbonyl (C=O) groups is 1. The van der Waals surface area contributed by atoms with Gasteiger partial charge in [0, 0.05) is 36.0 Å². The first-order valence-corrected chi connectivity index (χ1v) is 14.4. The molecule has 0 saturated heterocycles. The molecule has 1 heterocycles. The number of aromatic nitrogens is 3. The zero-order valence-electron chi connectivity index (χ0n) is 22.1. The van der Waals surface area contributed by atoms with Gasteiger partial charge in [-0.25, -0.2) is 4.79 Å². The summed E-state index contributed by atoms with van der Waals surface area (Å²) in [5, 5.41) is 20.4. The molecule has 0 bridgehead atoms. The van der Waals surface area contributed by atoms with Crippen molar-refractivity contribution in [2.75, 3.05) is 11.4 Å². The van der Waals surface area contributed by atoms with E-state index in [0.29, 0.717) is 25.2 Å². The molecule has 3 aromatic carbocycles. The molecule has 0 unspecified atom stereocenters. The summed E-state index contributed by atoms with van der Waals surface area (Å²) < 4.78 is 2.21. The molecule has 0 aliphatic carbocycles. The van der Waals surface area contributed by atoms with Gasteiger partial charge in [0.15, 0.2) is 5.16 Å². The number of aromatic carboxylic acids is 1. The van der Waals surface area contributed by atoms with Gasteiger partial charge in [0.2, 0.25) is 0 Å². The van der Waals surface area contributed by atoms with E-state index >= 15 is 0 Å². The molecular formula is C31H33ClN4O2S. The number of carboxylic acid groups (broad SMARTS) is 1. The molecule has 0 radical (unpaired) electrons. The van der Waals surface area contributed by atoms with Crippen molar-refractivity contribution in [2.24, 2.45) is 0 Å². The topological polar surface area (TPSA) is 71.2 Å². The molecule has 0 amide bonds. The van der Waals surface area contributed by atoms with Crippen LogP contribution in [-0.4, -0.2) is 32.4 Å². The summed E-state index contributed by atoms with van der Waals surface area (Å²) in [6.07, 6.45) is 4.82. The van der Waals surface area contributed by atoms with Crippen molar-refractivity contribution in [1.29, 1.82) is 0 Å². The molecule has 0 aliphatic heterocycles. The lowest BCUT2D eigenvalue weighted by Gasteiger charge is -2.27. The Morgan fingerprint density at radius 1 is 1.05 bits per heavy atom. The minimum atomic E-state index is -0.926. The highest BCUT2D eigenvalue weighted by molar-refractivity contribution is 7.98. The van der Waals surface area contributed by atoms with Crippen molar-refractivity contribution in [3.05, 3.63) is 119 Å². The van der Waals surface area contributed by atoms with Crippen molar-refractivity contribution >= 4 is 35.0 Å². The summed E-state index contributed by atoms with van der Waals surface area (Å²) >= 11 is 7.72. The Hall–Kier alpha value is -3.55. The highest BCUT2D eigenvalue weighted by Gasteiger charge is 2.18. The minimum Gasteiger partial charge on any atom is -0.478 e. The summed E-state index contributed by atoms with van der Waals surface area (Å²) in [4.78, 5) is 14.0. The summed E-state index contributed by atoms with van der Waals surface area (Å²) in [7, 11) is 0. The second kappa shape index (κ2) is 14.0. The maximum Gasteiger partial charge on any atom is 0.336 e. The van der Waals surface area contributed by atoms with Crippen LogP contribution in [0.3, 0.4) is 0 Å². The maximum atomic E-state index is 11.9. The van der Waals surface area contributed by atoms with Crippen LogP contribution in [0.5, 0.6) is 0 Å². The molecular weight excluding hydrogens is 528 g/mol. The highest BCUT2D eigenvalue weighted by Crippen LogP contribution is 2.28. The number of carboxylic acids is 1. The number of hydrogen-bond donors (Lipinski definition) is 1. The second-order valence-electron chi connectivity index (χ2n) is 9.26. The van der Waals surface area contributed by atoms with Gasteiger partial charge in [0.25, 0.3) is 0 Å². The molecule has 6 nitrogen and oxygen atoms in total. The van der Waals surface area contributed by atoms with Crippen LogP contribution >= 0.6 is 23.4 Å². The Bertz CT molecular complexity index is 1400. The summed E-state index contributed by atoms with van der Waals surface area (Å²) in [6, 6.07) is 23.3. The molecule has 1 aromatic heterocycles. The van der Waals surface area contributed by atoms with E-state index in [9.17, 15) is 9.90 Å². The molecule has 1 N–H and O–H groups in total. The van der Waals surface area contributed by atoms with E-state index in [-0.39, 0.29) is 0 Å². The molecule has 0 spiro atoms. The van der Waals surface area contributed by atoms with Crippen molar-refractivity contribution in [2.45, 2.75) is 50.2 Å². The van der Waals surface area contributed by atoms with Crippen LogP contribution < -0.4 is 4.90 Å². The Morgan fingerprint density at radius 2 is 1.77 bits per heavy atom. The van der Waals surface area contributed by atoms with E-state index < -0.39 is 5.97 Å². The Balaban J connectivity index is 1.64. The lowest BCUT2D eigenvalue weighted by molar-refractivity contribution is 0.0695. The normalized spacial score (nSPS) is 10.9. The monoisotopic (exact) mass is 560 g/mol. The molecule has 0 saturated carbocycles. The maximum absolute atomic E-state index is 11.9. The van der Waals surface area contributed by atoms with Gasteiger partial charge in [0.1, 0.15) is 5.82 Å². The van der Waals surface area contributed by atoms with Crippen LogP contribution in [0.15, 0.2) is 90.6 Å². The second-order valence-corrected chi connectivity index (χ2v) is 10.6. The number of halogens is 1. The lowest BCUT2D eigenvalue weighted by Crippen LogP contribution is -2.25. The number of para-hydroxylation sites is 1. The van der Waals surface area contributed by atoms with E-state index in [1.807, 2.05) is 54.6 Å². The van der Waals surface area contributed by atoms with Crippen LogP contribution in [0.25, 0.3) is 0 Å². The van der Waals surface area contributed by atoms with Gasteiger partial charge in [0.05, 0.1) is 12.1 Å². The van der Waals surface area contributed by atoms with Crippen LogP contribution in [0, 0.1) is 0 Å². The van der Waals surface area contributed by atoms with E-state index in [4.69, 9.17) is 11.6 Å². The van der Waals surface area contributed by atoms with Crippen LogP contribution in [0.1, 0.15) is 52.6 Å². The third kappa shape index (κ3) is 7.52. The Labute approximate surface area is 239 Å². The standard InChI is InChI=1S/C31H33ClN4O2S/c1-3-5-14-29-33-34-31(39-22-23-15-17-26(32)18-16-23)36(29)21-25-11-7-9-13-28(25)35(19-4-2)20-24-10-6-8-12-27(24)30(37)38/h4,6-13,15-18H,2-3,5,14,19-22H2,1H3,(H,37,38). The van der Waals surface area contributed by atoms with Gasteiger partial charge in [-0.1, -0.05) is 91.3 Å². The number of hydrogen-bond acceptors (Lipinski definition) is 5. The first-order chi connectivity index (χ1) is 19.0. The summed E-state index contributed by atoms with van der Waals surface area (Å²) in [6.45, 7) is 7.77. The molecule has 4 rings (SSSR count). The fourth-order valence-electron chi connectivity index (χ4n) is 4.43. The third-order valence-corrected chi connectivity index (χ3v) is 7.74. The molecule has 0 aliphatic rings. The molecule has 0 atom stereocenters. The van der Waals surface area contributed by atoms with Gasteiger partial charge in [-0.15, -0.1) is 16.8 Å². The van der Waals surface area contributed by atoms with Crippen LogP contribution in [0.4, 0.5) is 5.69 Å². The molecule has 8 heteroatoms. The molecule has 4 aromatic rings. The number of unbranched alkanes of at least 4 members (excludes halogenated alkanes) is 1. The summed E-state index contributed by atoms with van der Waals surface area (Å²) in [5.41, 5.74) is 4.38. The van der Waals surface area contributed by atoms with Crippen molar-refractivity contribution < 1.29 is 9.90 Å². The van der Waals surface area contributed by atoms with Crippen molar-refractivity contribution in [3.63, 3.8) is 0 Å². The van der Waals surface area contributed by atoms with Crippen LogP contribution in [0.2, 0.25) is 5.02 Å². The van der Waals surface area contributed by atoms with Gasteiger partial charge < -0.3 is 14.6 Å². The summed E-state index contributed by atoms with van der Waals surface area (Å²) in [5.74, 6) is 0.806. The van der Waals surface area contributed by atoms with E-state index in [2.05, 4.69) is 45.3 Å². The van der Waals surface area contributed by atoms with E-state index in [0.717, 1.165) is 57.8 Å². The zero-order valence-corrected chi connectivity index (χ0v) is 23.7. The van der Waals surface area contributed by atoms with Gasteiger partial charge in [-0.3, -0.25) is 0 Å².